The van der Waals surface area contributed by atoms with Gasteiger partial charge in [0, 0.05) is 16.4 Å². The van der Waals surface area contributed by atoms with E-state index in [0.717, 1.165) is 18.5 Å². The molecule has 3 nitrogen and oxygen atoms in total. The van der Waals surface area contributed by atoms with Crippen molar-refractivity contribution in [3.05, 3.63) is 29.6 Å². The van der Waals surface area contributed by atoms with Crippen LogP contribution in [0.5, 0.6) is 0 Å². The average molecular weight is 260 g/mol. The summed E-state index contributed by atoms with van der Waals surface area (Å²) in [6.07, 6.45) is 2.25. The summed E-state index contributed by atoms with van der Waals surface area (Å²) in [4.78, 5) is 11.8. The molecule has 0 radical (unpaired) electrons. The Bertz CT molecular complexity index is 574. The van der Waals surface area contributed by atoms with Gasteiger partial charge in [-0.3, -0.25) is 4.79 Å². The Hall–Kier alpha value is -1.55. The van der Waals surface area contributed by atoms with Crippen LogP contribution in [-0.2, 0) is 4.79 Å². The van der Waals surface area contributed by atoms with Gasteiger partial charge in [0.25, 0.3) is 0 Å². The van der Waals surface area contributed by atoms with Gasteiger partial charge in [0.05, 0.1) is 0 Å². The molecule has 1 heterocycles. The molecule has 1 aliphatic rings. The molecule has 1 aliphatic carbocycles. The molecule has 1 aromatic heterocycles. The molecule has 3 rings (SSSR count). The molecule has 1 saturated carbocycles. The molecule has 4 heteroatoms. The molecule has 0 spiro atoms. The Morgan fingerprint density at radius 3 is 3.00 bits per heavy atom. The highest BCUT2D eigenvalue weighted by atomic mass is 32.1. The second-order valence-electron chi connectivity index (χ2n) is 4.82. The van der Waals surface area contributed by atoms with Crippen molar-refractivity contribution in [1.29, 1.82) is 0 Å². The van der Waals surface area contributed by atoms with Gasteiger partial charge in [-0.25, -0.2) is 0 Å². The van der Waals surface area contributed by atoms with E-state index in [1.165, 1.54) is 10.1 Å². The summed E-state index contributed by atoms with van der Waals surface area (Å²) in [5.41, 5.74) is 0.999. The zero-order valence-corrected chi connectivity index (χ0v) is 11.1. The maximum atomic E-state index is 11.8. The largest absolute Gasteiger partial charge is 0.374 e. The number of nitrogens with one attached hydrogen (secondary N) is 2. The van der Waals surface area contributed by atoms with Crippen molar-refractivity contribution in [1.82, 2.24) is 5.32 Å². The lowest BCUT2D eigenvalue weighted by molar-refractivity contribution is -0.121. The summed E-state index contributed by atoms with van der Waals surface area (Å²) in [7, 11) is 0. The Balaban J connectivity index is 1.68. The van der Waals surface area contributed by atoms with Crippen molar-refractivity contribution in [3.8, 4) is 0 Å². The van der Waals surface area contributed by atoms with Crippen molar-refractivity contribution in [3.63, 3.8) is 0 Å². The Morgan fingerprint density at radius 2 is 2.22 bits per heavy atom. The van der Waals surface area contributed by atoms with Crippen LogP contribution in [0.3, 0.4) is 0 Å². The van der Waals surface area contributed by atoms with Gasteiger partial charge in [0.2, 0.25) is 5.91 Å². The van der Waals surface area contributed by atoms with E-state index in [1.807, 2.05) is 13.0 Å². The molecule has 1 amide bonds. The van der Waals surface area contributed by atoms with Gasteiger partial charge in [-0.1, -0.05) is 0 Å². The van der Waals surface area contributed by atoms with Crippen molar-refractivity contribution in [2.75, 3.05) is 5.32 Å². The van der Waals surface area contributed by atoms with E-state index in [-0.39, 0.29) is 11.9 Å². The van der Waals surface area contributed by atoms with Crippen LogP contribution in [0, 0.1) is 0 Å². The predicted octanol–water partition coefficient (Wildman–Crippen LogP) is 2.98. The van der Waals surface area contributed by atoms with Crippen LogP contribution in [0.15, 0.2) is 29.6 Å². The number of rotatable bonds is 4. The fourth-order valence-corrected chi connectivity index (χ4v) is 2.70. The van der Waals surface area contributed by atoms with Gasteiger partial charge in [0.1, 0.15) is 6.04 Å². The van der Waals surface area contributed by atoms with E-state index >= 15 is 0 Å². The minimum Gasteiger partial charge on any atom is -0.374 e. The summed E-state index contributed by atoms with van der Waals surface area (Å²) >= 11 is 1.73. The average Bonchev–Trinajstić information content (AvgIpc) is 3.05. The van der Waals surface area contributed by atoms with Gasteiger partial charge >= 0.3 is 0 Å². The number of hydrogen-bond acceptors (Lipinski definition) is 3. The van der Waals surface area contributed by atoms with Crippen LogP contribution >= 0.6 is 11.3 Å². The standard InChI is InChI=1S/C14H16N2OS/c1-9(14(17)16-11-2-3-11)15-12-4-5-13-10(8-12)6-7-18-13/h4-9,11,15H,2-3H2,1H3,(H,16,17). The second kappa shape index (κ2) is 4.61. The van der Waals surface area contributed by atoms with Crippen molar-refractivity contribution < 1.29 is 4.79 Å². The fraction of sp³-hybridized carbons (Fsp3) is 0.357. The predicted molar refractivity (Wildman–Crippen MR) is 76.1 cm³/mol. The minimum absolute atomic E-state index is 0.0860. The first kappa shape index (κ1) is 11.5. The number of thiophene rings is 1. The summed E-state index contributed by atoms with van der Waals surface area (Å²) in [5, 5.41) is 9.56. The number of hydrogen-bond donors (Lipinski definition) is 2. The molecule has 1 fully saturated rings. The second-order valence-corrected chi connectivity index (χ2v) is 5.77. The highest BCUT2D eigenvalue weighted by Gasteiger charge is 2.25. The number of carbonyl (C=O) groups is 1. The number of carbonyl (C=O) groups excluding carboxylic acids is 1. The Kier molecular flexibility index (Phi) is 2.96. The maximum Gasteiger partial charge on any atom is 0.242 e. The molecule has 0 bridgehead atoms. The summed E-state index contributed by atoms with van der Waals surface area (Å²) in [5.74, 6) is 0.0860. The number of fused-ring (bicyclic) bond motifs is 1. The topological polar surface area (TPSA) is 41.1 Å². The molecule has 2 aromatic rings. The van der Waals surface area contributed by atoms with Gasteiger partial charge in [0.15, 0.2) is 0 Å². The monoisotopic (exact) mass is 260 g/mol. The lowest BCUT2D eigenvalue weighted by Crippen LogP contribution is -2.38. The summed E-state index contributed by atoms with van der Waals surface area (Å²) in [6.45, 7) is 1.90. The Labute approximate surface area is 110 Å². The molecular weight excluding hydrogens is 244 g/mol. The van der Waals surface area contributed by atoms with E-state index in [1.54, 1.807) is 11.3 Å². The van der Waals surface area contributed by atoms with Gasteiger partial charge in [-0.05, 0) is 54.8 Å². The van der Waals surface area contributed by atoms with Gasteiger partial charge in [-0.15, -0.1) is 11.3 Å². The third kappa shape index (κ3) is 2.48. The highest BCUT2D eigenvalue weighted by Crippen LogP contribution is 2.24. The third-order valence-corrected chi connectivity index (χ3v) is 4.05. The highest BCUT2D eigenvalue weighted by molar-refractivity contribution is 7.17. The zero-order chi connectivity index (χ0) is 12.5. The van der Waals surface area contributed by atoms with Crippen LogP contribution < -0.4 is 10.6 Å². The molecule has 94 valence electrons. The molecule has 0 aliphatic heterocycles. The molecule has 18 heavy (non-hydrogen) atoms. The van der Waals surface area contributed by atoms with E-state index in [4.69, 9.17) is 0 Å². The third-order valence-electron chi connectivity index (χ3n) is 3.15. The molecule has 1 atom stereocenters. The van der Waals surface area contributed by atoms with Gasteiger partial charge < -0.3 is 10.6 Å². The van der Waals surface area contributed by atoms with Crippen molar-refractivity contribution in [2.24, 2.45) is 0 Å². The van der Waals surface area contributed by atoms with Crippen LogP contribution in [0.25, 0.3) is 10.1 Å². The molecule has 2 N–H and O–H groups in total. The maximum absolute atomic E-state index is 11.8. The van der Waals surface area contributed by atoms with E-state index in [2.05, 4.69) is 34.2 Å². The van der Waals surface area contributed by atoms with Crippen LogP contribution in [-0.4, -0.2) is 18.0 Å². The first-order chi connectivity index (χ1) is 8.72. The van der Waals surface area contributed by atoms with E-state index in [0.29, 0.717) is 6.04 Å². The zero-order valence-electron chi connectivity index (χ0n) is 10.3. The lowest BCUT2D eigenvalue weighted by Gasteiger charge is -2.15. The van der Waals surface area contributed by atoms with Crippen molar-refractivity contribution in [2.45, 2.75) is 31.8 Å². The molecule has 1 aromatic carbocycles. The van der Waals surface area contributed by atoms with Crippen LogP contribution in [0.2, 0.25) is 0 Å². The molecule has 0 saturated heterocycles. The normalized spacial score (nSPS) is 16.5. The van der Waals surface area contributed by atoms with Gasteiger partial charge in [-0.2, -0.15) is 0 Å². The van der Waals surface area contributed by atoms with Crippen LogP contribution in [0.4, 0.5) is 5.69 Å². The Morgan fingerprint density at radius 1 is 1.39 bits per heavy atom. The fourth-order valence-electron chi connectivity index (χ4n) is 1.93. The van der Waals surface area contributed by atoms with Crippen molar-refractivity contribution >= 4 is 33.0 Å². The molecular formula is C14H16N2OS. The van der Waals surface area contributed by atoms with Crippen LogP contribution in [0.1, 0.15) is 19.8 Å². The quantitative estimate of drug-likeness (QED) is 0.887. The lowest BCUT2D eigenvalue weighted by atomic mass is 10.2. The summed E-state index contributed by atoms with van der Waals surface area (Å²) < 4.78 is 1.27. The minimum atomic E-state index is -0.193. The first-order valence-electron chi connectivity index (χ1n) is 6.26. The summed E-state index contributed by atoms with van der Waals surface area (Å²) in [6, 6.07) is 8.53. The van der Waals surface area contributed by atoms with E-state index in [9.17, 15) is 4.79 Å². The smallest absolute Gasteiger partial charge is 0.242 e. The number of amides is 1. The number of anilines is 1. The van der Waals surface area contributed by atoms with E-state index < -0.39 is 0 Å². The first-order valence-corrected chi connectivity index (χ1v) is 7.14. The molecule has 1 unspecified atom stereocenters. The SMILES string of the molecule is CC(Nc1ccc2sccc2c1)C(=O)NC1CC1. The number of benzene rings is 1.